The van der Waals surface area contributed by atoms with E-state index in [1.807, 2.05) is 30.3 Å². The predicted octanol–water partition coefficient (Wildman–Crippen LogP) is 3.98. The number of hydrogen-bond donors (Lipinski definition) is 0. The van der Waals surface area contributed by atoms with Crippen molar-refractivity contribution in [1.82, 2.24) is 0 Å². The van der Waals surface area contributed by atoms with E-state index in [1.165, 1.54) is 19.3 Å². The van der Waals surface area contributed by atoms with Crippen LogP contribution in [0.1, 0.15) is 55.8 Å². The van der Waals surface area contributed by atoms with Crippen LogP contribution >= 0.6 is 0 Å². The fraction of sp³-hybridized carbons (Fsp3) is 0.500. The zero-order chi connectivity index (χ0) is 13.5. The van der Waals surface area contributed by atoms with Gasteiger partial charge < -0.3 is 4.84 Å². The van der Waals surface area contributed by atoms with Crippen molar-refractivity contribution >= 4 is 11.5 Å². The largest absolute Gasteiger partial charge is 0.392 e. The van der Waals surface area contributed by atoms with Gasteiger partial charge >= 0.3 is 0 Å². The maximum Gasteiger partial charge on any atom is 0.210 e. The van der Waals surface area contributed by atoms with Gasteiger partial charge in [-0.25, -0.2) is 0 Å². The van der Waals surface area contributed by atoms with Crippen molar-refractivity contribution in [3.63, 3.8) is 0 Å². The highest BCUT2D eigenvalue weighted by atomic mass is 16.6. The molecule has 0 saturated heterocycles. The molecule has 0 radical (unpaired) electrons. The molecule has 0 spiro atoms. The van der Waals surface area contributed by atoms with Crippen LogP contribution in [0, 0.1) is 0 Å². The summed E-state index contributed by atoms with van der Waals surface area (Å²) in [6.45, 7) is 2.20. The molecule has 1 unspecified atom stereocenters. The van der Waals surface area contributed by atoms with Gasteiger partial charge in [0.1, 0.15) is 11.8 Å². The molecule has 1 aromatic carbocycles. The van der Waals surface area contributed by atoms with Gasteiger partial charge in [-0.15, -0.1) is 0 Å². The third-order valence-electron chi connectivity index (χ3n) is 3.41. The molecular formula is C16H21NO2. The number of benzene rings is 1. The zero-order valence-electron chi connectivity index (χ0n) is 11.5. The third-order valence-corrected chi connectivity index (χ3v) is 3.41. The Hall–Kier alpha value is -1.64. The summed E-state index contributed by atoms with van der Waals surface area (Å²) >= 11 is 0. The van der Waals surface area contributed by atoms with Crippen LogP contribution < -0.4 is 0 Å². The van der Waals surface area contributed by atoms with E-state index in [0.717, 1.165) is 12.8 Å². The average molecular weight is 259 g/mol. The summed E-state index contributed by atoms with van der Waals surface area (Å²) in [6.07, 6.45) is 6.64. The maximum absolute atomic E-state index is 12.2. The smallest absolute Gasteiger partial charge is 0.210 e. The lowest BCUT2D eigenvalue weighted by atomic mass is 10.00. The Bertz CT molecular complexity index is 439. The minimum Gasteiger partial charge on any atom is -0.392 e. The van der Waals surface area contributed by atoms with E-state index in [9.17, 15) is 4.79 Å². The number of rotatable bonds is 7. The molecule has 19 heavy (non-hydrogen) atoms. The molecule has 0 amide bonds. The maximum atomic E-state index is 12.2. The van der Waals surface area contributed by atoms with Crippen molar-refractivity contribution in [2.24, 2.45) is 5.16 Å². The van der Waals surface area contributed by atoms with Crippen molar-refractivity contribution < 1.29 is 9.63 Å². The van der Waals surface area contributed by atoms with Crippen molar-refractivity contribution in [2.75, 3.05) is 0 Å². The fourth-order valence-electron chi connectivity index (χ4n) is 2.27. The summed E-state index contributed by atoms with van der Waals surface area (Å²) in [4.78, 5) is 17.5. The summed E-state index contributed by atoms with van der Waals surface area (Å²) in [5.74, 6) is -0.00309. The molecule has 0 aliphatic carbocycles. The summed E-state index contributed by atoms with van der Waals surface area (Å²) in [7, 11) is 0. The molecule has 3 nitrogen and oxygen atoms in total. The van der Waals surface area contributed by atoms with Crippen LogP contribution in [0.2, 0.25) is 0 Å². The number of hydrogen-bond acceptors (Lipinski definition) is 3. The third kappa shape index (κ3) is 3.91. The lowest BCUT2D eigenvalue weighted by Crippen LogP contribution is -2.15. The number of carbonyl (C=O) groups is 1. The highest BCUT2D eigenvalue weighted by molar-refractivity contribution is 6.46. The molecule has 0 N–H and O–H groups in total. The lowest BCUT2D eigenvalue weighted by Gasteiger charge is -2.06. The Morgan fingerprint density at radius 2 is 2.05 bits per heavy atom. The number of carbonyl (C=O) groups excluding carboxylic acids is 1. The Labute approximate surface area is 114 Å². The molecule has 2 rings (SSSR count). The number of ketones is 1. The minimum absolute atomic E-state index is 0.00309. The van der Waals surface area contributed by atoms with Crippen molar-refractivity contribution in [2.45, 2.75) is 51.6 Å². The summed E-state index contributed by atoms with van der Waals surface area (Å²) in [6, 6.07) is 9.27. The molecule has 1 heterocycles. The molecule has 1 aromatic rings. The highest BCUT2D eigenvalue weighted by Gasteiger charge is 2.26. The zero-order valence-corrected chi connectivity index (χ0v) is 11.5. The van der Waals surface area contributed by atoms with Crippen molar-refractivity contribution in [3.8, 4) is 0 Å². The van der Waals surface area contributed by atoms with Gasteiger partial charge in [0.05, 0.1) is 0 Å². The van der Waals surface area contributed by atoms with E-state index < -0.39 is 0 Å². The Kier molecular flexibility index (Phi) is 5.13. The van der Waals surface area contributed by atoms with E-state index >= 15 is 0 Å². The second-order valence-electron chi connectivity index (χ2n) is 5.01. The van der Waals surface area contributed by atoms with Crippen LogP contribution in [-0.4, -0.2) is 17.6 Å². The topological polar surface area (TPSA) is 38.7 Å². The van der Waals surface area contributed by atoms with Crippen LogP contribution in [0.15, 0.2) is 35.5 Å². The summed E-state index contributed by atoms with van der Waals surface area (Å²) in [5.41, 5.74) is 1.25. The molecule has 3 heteroatoms. The second kappa shape index (κ2) is 7.07. The fourth-order valence-corrected chi connectivity index (χ4v) is 2.27. The molecule has 1 aliphatic rings. The molecule has 0 bridgehead atoms. The molecule has 0 fully saturated rings. The van der Waals surface area contributed by atoms with E-state index in [2.05, 4.69) is 12.1 Å². The Morgan fingerprint density at radius 1 is 1.26 bits per heavy atom. The van der Waals surface area contributed by atoms with Crippen molar-refractivity contribution in [1.29, 1.82) is 0 Å². The van der Waals surface area contributed by atoms with Gasteiger partial charge in [-0.3, -0.25) is 4.79 Å². The molecule has 102 valence electrons. The van der Waals surface area contributed by atoms with Gasteiger partial charge in [-0.1, -0.05) is 61.7 Å². The van der Waals surface area contributed by atoms with Gasteiger partial charge in [-0.2, -0.15) is 0 Å². The molecule has 1 aliphatic heterocycles. The first-order chi connectivity index (χ1) is 9.31. The Balaban J connectivity index is 1.80. The summed E-state index contributed by atoms with van der Waals surface area (Å²) < 4.78 is 0. The standard InChI is InChI=1S/C16H21NO2/c1-2-3-4-8-11-14-12-15(17-19-14)16(18)13-9-6-5-7-10-13/h5-7,9-10,14H,2-4,8,11-12H2,1H3. The van der Waals surface area contributed by atoms with Crippen LogP contribution in [0.25, 0.3) is 0 Å². The Morgan fingerprint density at radius 3 is 2.79 bits per heavy atom. The minimum atomic E-state index is -0.00309. The van der Waals surface area contributed by atoms with E-state index in [0.29, 0.717) is 17.7 Å². The van der Waals surface area contributed by atoms with Crippen LogP contribution in [0.3, 0.4) is 0 Å². The van der Waals surface area contributed by atoms with Gasteiger partial charge in [0.2, 0.25) is 5.78 Å². The SMILES string of the molecule is CCCCCCC1CC(C(=O)c2ccccc2)=NO1. The van der Waals surface area contributed by atoms with E-state index in [1.54, 1.807) is 0 Å². The molecule has 0 aromatic heterocycles. The monoisotopic (exact) mass is 259 g/mol. The van der Waals surface area contributed by atoms with Gasteiger partial charge in [0.15, 0.2) is 0 Å². The number of oxime groups is 1. The number of unbranched alkanes of at least 4 members (excludes halogenated alkanes) is 3. The van der Waals surface area contributed by atoms with Gasteiger partial charge in [0, 0.05) is 12.0 Å². The predicted molar refractivity (Wildman–Crippen MR) is 76.5 cm³/mol. The van der Waals surface area contributed by atoms with Crippen LogP contribution in [-0.2, 0) is 4.84 Å². The first-order valence-corrected chi connectivity index (χ1v) is 7.13. The molecular weight excluding hydrogens is 238 g/mol. The van der Waals surface area contributed by atoms with Crippen molar-refractivity contribution in [3.05, 3.63) is 35.9 Å². The first-order valence-electron chi connectivity index (χ1n) is 7.13. The normalized spacial score (nSPS) is 17.9. The summed E-state index contributed by atoms with van der Waals surface area (Å²) in [5, 5.41) is 3.96. The first kappa shape index (κ1) is 13.8. The number of Topliss-reactive ketones (excluding diaryl/α,β-unsaturated/α-hetero) is 1. The highest BCUT2D eigenvalue weighted by Crippen LogP contribution is 2.19. The van der Waals surface area contributed by atoms with Gasteiger partial charge in [0.25, 0.3) is 0 Å². The van der Waals surface area contributed by atoms with Crippen LogP contribution in [0.5, 0.6) is 0 Å². The average Bonchev–Trinajstić information content (AvgIpc) is 2.92. The second-order valence-corrected chi connectivity index (χ2v) is 5.01. The van der Waals surface area contributed by atoms with Gasteiger partial charge in [-0.05, 0) is 12.8 Å². The number of nitrogens with zero attached hydrogens (tertiary/aromatic N) is 1. The van der Waals surface area contributed by atoms with Crippen LogP contribution in [0.4, 0.5) is 0 Å². The van der Waals surface area contributed by atoms with E-state index in [-0.39, 0.29) is 11.9 Å². The van der Waals surface area contributed by atoms with E-state index in [4.69, 9.17) is 4.84 Å². The molecule has 0 saturated carbocycles. The lowest BCUT2D eigenvalue weighted by molar-refractivity contribution is 0.0770. The molecule has 1 atom stereocenters. The quantitative estimate of drug-likeness (QED) is 0.548.